The van der Waals surface area contributed by atoms with Crippen molar-refractivity contribution in [2.45, 2.75) is 31.5 Å². The van der Waals surface area contributed by atoms with Crippen LogP contribution in [-0.2, 0) is 0 Å². The molecule has 4 nitrogen and oxygen atoms in total. The van der Waals surface area contributed by atoms with E-state index >= 15 is 0 Å². The van der Waals surface area contributed by atoms with E-state index in [1.54, 1.807) is 18.7 Å². The zero-order valence-electron chi connectivity index (χ0n) is 7.28. The maximum absolute atomic E-state index is 5.58. The zero-order chi connectivity index (χ0) is 8.97. The average molecular weight is 187 g/mol. The first-order chi connectivity index (χ1) is 5.68. The van der Waals surface area contributed by atoms with Crippen molar-refractivity contribution in [2.75, 3.05) is 5.75 Å². The molecule has 0 aromatic carbocycles. The molecule has 5 heteroatoms. The smallest absolute Gasteiger partial charge is 0.276 e. The van der Waals surface area contributed by atoms with Gasteiger partial charge in [0, 0.05) is 18.7 Å². The third-order valence-corrected chi connectivity index (χ3v) is 2.16. The Kier molecular flexibility index (Phi) is 3.55. The summed E-state index contributed by atoms with van der Waals surface area (Å²) in [4.78, 5) is 0. The van der Waals surface area contributed by atoms with Crippen molar-refractivity contribution in [2.24, 2.45) is 5.73 Å². The summed E-state index contributed by atoms with van der Waals surface area (Å²) < 4.78 is 5.17. The van der Waals surface area contributed by atoms with Gasteiger partial charge in [-0.1, -0.05) is 11.8 Å². The summed E-state index contributed by atoms with van der Waals surface area (Å²) in [6.45, 7) is 3.77. The lowest BCUT2D eigenvalue weighted by molar-refractivity contribution is 0.429. The second-order valence-electron chi connectivity index (χ2n) is 2.70. The van der Waals surface area contributed by atoms with E-state index in [0.29, 0.717) is 11.1 Å². The summed E-state index contributed by atoms with van der Waals surface area (Å²) in [6, 6.07) is 0.238. The molecule has 0 saturated heterocycles. The third-order valence-electron chi connectivity index (χ3n) is 1.31. The van der Waals surface area contributed by atoms with E-state index in [2.05, 4.69) is 10.2 Å². The van der Waals surface area contributed by atoms with Gasteiger partial charge in [0.05, 0.1) is 0 Å². The van der Waals surface area contributed by atoms with E-state index in [1.807, 2.05) is 6.92 Å². The maximum atomic E-state index is 5.58. The van der Waals surface area contributed by atoms with E-state index in [9.17, 15) is 0 Å². The molecule has 1 heterocycles. The van der Waals surface area contributed by atoms with Crippen LogP contribution in [-0.4, -0.2) is 22.0 Å². The summed E-state index contributed by atoms with van der Waals surface area (Å²) in [5, 5.41) is 8.20. The lowest BCUT2D eigenvalue weighted by atomic mass is 10.3. The molecule has 2 N–H and O–H groups in total. The summed E-state index contributed by atoms with van der Waals surface area (Å²) in [6.07, 6.45) is 0.964. The molecule has 12 heavy (non-hydrogen) atoms. The minimum Gasteiger partial charge on any atom is -0.416 e. The Morgan fingerprint density at radius 1 is 1.58 bits per heavy atom. The molecule has 0 aliphatic carbocycles. The second kappa shape index (κ2) is 4.47. The van der Waals surface area contributed by atoms with Gasteiger partial charge < -0.3 is 10.2 Å². The van der Waals surface area contributed by atoms with Gasteiger partial charge >= 0.3 is 0 Å². The van der Waals surface area contributed by atoms with Gasteiger partial charge in [-0.2, -0.15) is 0 Å². The third kappa shape index (κ3) is 3.23. The molecule has 1 aromatic rings. The Bertz CT molecular complexity index is 236. The molecule has 1 rings (SSSR count). The monoisotopic (exact) mass is 187 g/mol. The van der Waals surface area contributed by atoms with Crippen LogP contribution in [0, 0.1) is 6.92 Å². The quantitative estimate of drug-likeness (QED) is 0.718. The fourth-order valence-electron chi connectivity index (χ4n) is 0.669. The molecule has 0 amide bonds. The number of rotatable bonds is 4. The largest absolute Gasteiger partial charge is 0.416 e. The first-order valence-corrected chi connectivity index (χ1v) is 4.85. The number of nitrogens with two attached hydrogens (primary N) is 1. The summed E-state index contributed by atoms with van der Waals surface area (Å²) in [7, 11) is 0. The van der Waals surface area contributed by atoms with Crippen molar-refractivity contribution in [3.05, 3.63) is 5.89 Å². The standard InChI is InChI=1S/C7H13N3OS/c1-5(8)3-4-12-7-10-9-6(2)11-7/h5H,3-4,8H2,1-2H3. The van der Waals surface area contributed by atoms with E-state index in [-0.39, 0.29) is 6.04 Å². The topological polar surface area (TPSA) is 64.9 Å². The minimum atomic E-state index is 0.238. The molecule has 1 unspecified atom stereocenters. The van der Waals surface area contributed by atoms with Crippen molar-refractivity contribution in [1.29, 1.82) is 0 Å². The number of nitrogens with zero attached hydrogens (tertiary/aromatic N) is 2. The first kappa shape index (κ1) is 9.54. The van der Waals surface area contributed by atoms with Gasteiger partial charge in [-0.15, -0.1) is 10.2 Å². The van der Waals surface area contributed by atoms with Crippen LogP contribution in [0.3, 0.4) is 0 Å². The number of aryl methyl sites for hydroxylation is 1. The number of aromatic nitrogens is 2. The molecule has 0 aliphatic heterocycles. The van der Waals surface area contributed by atoms with Gasteiger partial charge in [-0.3, -0.25) is 0 Å². The Labute approximate surface area is 75.9 Å². The summed E-state index contributed by atoms with van der Waals surface area (Å²) in [5.41, 5.74) is 5.58. The van der Waals surface area contributed by atoms with Crippen molar-refractivity contribution in [1.82, 2.24) is 10.2 Å². The first-order valence-electron chi connectivity index (χ1n) is 3.87. The van der Waals surface area contributed by atoms with Crippen LogP contribution >= 0.6 is 11.8 Å². The van der Waals surface area contributed by atoms with Crippen LogP contribution in [0.2, 0.25) is 0 Å². The Morgan fingerprint density at radius 3 is 2.83 bits per heavy atom. The number of hydrogen-bond acceptors (Lipinski definition) is 5. The molecule has 0 spiro atoms. The molecule has 68 valence electrons. The predicted octanol–water partition coefficient (Wildman–Crippen LogP) is 1.21. The Hall–Kier alpha value is -0.550. The van der Waals surface area contributed by atoms with E-state index in [4.69, 9.17) is 10.2 Å². The predicted molar refractivity (Wildman–Crippen MR) is 48.0 cm³/mol. The van der Waals surface area contributed by atoms with Gasteiger partial charge in [0.15, 0.2) is 0 Å². The van der Waals surface area contributed by atoms with Gasteiger partial charge in [-0.05, 0) is 13.3 Å². The van der Waals surface area contributed by atoms with E-state index in [1.165, 1.54) is 0 Å². The zero-order valence-corrected chi connectivity index (χ0v) is 8.10. The molecule has 0 radical (unpaired) electrons. The minimum absolute atomic E-state index is 0.238. The van der Waals surface area contributed by atoms with Crippen molar-refractivity contribution in [3.8, 4) is 0 Å². The van der Waals surface area contributed by atoms with E-state index < -0.39 is 0 Å². The van der Waals surface area contributed by atoms with Crippen LogP contribution in [0.4, 0.5) is 0 Å². The van der Waals surface area contributed by atoms with Crippen molar-refractivity contribution in [3.63, 3.8) is 0 Å². The molecule has 0 saturated carbocycles. The van der Waals surface area contributed by atoms with E-state index in [0.717, 1.165) is 12.2 Å². The highest BCUT2D eigenvalue weighted by Gasteiger charge is 2.02. The van der Waals surface area contributed by atoms with Gasteiger partial charge in [0.1, 0.15) is 0 Å². The maximum Gasteiger partial charge on any atom is 0.276 e. The van der Waals surface area contributed by atoms with Crippen LogP contribution in [0.5, 0.6) is 0 Å². The molecule has 0 fully saturated rings. The van der Waals surface area contributed by atoms with Crippen LogP contribution in [0.15, 0.2) is 9.64 Å². The highest BCUT2D eigenvalue weighted by molar-refractivity contribution is 7.99. The van der Waals surface area contributed by atoms with Gasteiger partial charge in [0.25, 0.3) is 5.22 Å². The average Bonchev–Trinajstić information content (AvgIpc) is 2.35. The molecular weight excluding hydrogens is 174 g/mol. The number of hydrogen-bond donors (Lipinski definition) is 1. The second-order valence-corrected chi connectivity index (χ2v) is 3.75. The molecule has 0 aliphatic rings. The normalized spacial score (nSPS) is 13.2. The van der Waals surface area contributed by atoms with Gasteiger partial charge in [0.2, 0.25) is 5.89 Å². The molecule has 1 aromatic heterocycles. The lowest BCUT2D eigenvalue weighted by Gasteiger charge is -2.00. The molecule has 1 atom stereocenters. The molecular formula is C7H13N3OS. The Morgan fingerprint density at radius 2 is 2.33 bits per heavy atom. The van der Waals surface area contributed by atoms with Crippen LogP contribution in [0.1, 0.15) is 19.2 Å². The highest BCUT2D eigenvalue weighted by Crippen LogP contribution is 2.16. The van der Waals surface area contributed by atoms with Crippen molar-refractivity contribution < 1.29 is 4.42 Å². The fourth-order valence-corrected chi connectivity index (χ4v) is 1.61. The summed E-state index contributed by atoms with van der Waals surface area (Å²) >= 11 is 1.55. The Balaban J connectivity index is 2.24. The highest BCUT2D eigenvalue weighted by atomic mass is 32.2. The van der Waals surface area contributed by atoms with Gasteiger partial charge in [-0.25, -0.2) is 0 Å². The molecule has 0 bridgehead atoms. The fraction of sp³-hybridized carbons (Fsp3) is 0.714. The van der Waals surface area contributed by atoms with Crippen LogP contribution < -0.4 is 5.73 Å². The summed E-state index contributed by atoms with van der Waals surface area (Å²) in [5.74, 6) is 1.54. The SMILES string of the molecule is Cc1nnc(SCCC(C)N)o1. The van der Waals surface area contributed by atoms with Crippen molar-refractivity contribution >= 4 is 11.8 Å². The lowest BCUT2D eigenvalue weighted by Crippen LogP contribution is -2.15. The van der Waals surface area contributed by atoms with Crippen LogP contribution in [0.25, 0.3) is 0 Å². The number of thioether (sulfide) groups is 1.